The van der Waals surface area contributed by atoms with Crippen molar-refractivity contribution in [3.63, 3.8) is 0 Å². The second-order valence-corrected chi connectivity index (χ2v) is 5.72. The lowest BCUT2D eigenvalue weighted by Gasteiger charge is -2.10. The maximum absolute atomic E-state index is 11.9. The van der Waals surface area contributed by atoms with Gasteiger partial charge in [0.15, 0.2) is 18.1 Å². The molecule has 0 saturated heterocycles. The number of ether oxygens (including phenoxy) is 3. The molecule has 2 aromatic rings. The third-order valence-electron chi connectivity index (χ3n) is 3.89. The smallest absolute Gasteiger partial charge is 0.338 e. The number of amides is 1. The number of carbonyl (C=O) groups is 2. The number of aliphatic hydroxyl groups excluding tert-OH is 1. The molecule has 0 saturated carbocycles. The van der Waals surface area contributed by atoms with Gasteiger partial charge in [-0.1, -0.05) is 18.2 Å². The van der Waals surface area contributed by atoms with Crippen molar-refractivity contribution in [2.75, 3.05) is 27.4 Å². The Morgan fingerprint density at radius 2 is 1.63 bits per heavy atom. The van der Waals surface area contributed by atoms with E-state index in [0.29, 0.717) is 35.6 Å². The Morgan fingerprint density at radius 1 is 0.963 bits per heavy atom. The van der Waals surface area contributed by atoms with Crippen LogP contribution in [0.25, 0.3) is 0 Å². The number of methoxy groups -OCH3 is 2. The van der Waals surface area contributed by atoms with Gasteiger partial charge in [-0.05, 0) is 41.8 Å². The minimum Gasteiger partial charge on any atom is -0.493 e. The highest BCUT2D eigenvalue weighted by Gasteiger charge is 2.10. The van der Waals surface area contributed by atoms with Gasteiger partial charge in [0, 0.05) is 6.54 Å². The Morgan fingerprint density at radius 3 is 2.26 bits per heavy atom. The molecule has 0 aliphatic carbocycles. The number of hydrogen-bond acceptors (Lipinski definition) is 6. The SMILES string of the molecule is COc1ccc(CCNC(=O)COC(=O)c2ccc(CO)cc2)cc1OC. The lowest BCUT2D eigenvalue weighted by molar-refractivity contribution is -0.124. The summed E-state index contributed by atoms with van der Waals surface area (Å²) in [7, 11) is 3.13. The molecule has 2 rings (SSSR count). The van der Waals surface area contributed by atoms with Gasteiger partial charge in [0.2, 0.25) is 0 Å². The van der Waals surface area contributed by atoms with Crippen LogP contribution in [0.5, 0.6) is 11.5 Å². The van der Waals surface area contributed by atoms with Gasteiger partial charge in [0.1, 0.15) is 0 Å². The quantitative estimate of drug-likeness (QED) is 0.650. The molecule has 2 N–H and O–H groups in total. The number of aliphatic hydroxyl groups is 1. The molecule has 27 heavy (non-hydrogen) atoms. The topological polar surface area (TPSA) is 94.1 Å². The molecule has 7 nitrogen and oxygen atoms in total. The van der Waals surface area contributed by atoms with E-state index >= 15 is 0 Å². The highest BCUT2D eigenvalue weighted by molar-refractivity contribution is 5.91. The number of rotatable bonds is 9. The summed E-state index contributed by atoms with van der Waals surface area (Å²) in [6.45, 7) is -0.0542. The van der Waals surface area contributed by atoms with Crippen LogP contribution < -0.4 is 14.8 Å². The zero-order valence-corrected chi connectivity index (χ0v) is 15.4. The van der Waals surface area contributed by atoms with Crippen LogP contribution in [-0.4, -0.2) is 44.4 Å². The van der Waals surface area contributed by atoms with Crippen LogP contribution in [0.3, 0.4) is 0 Å². The highest BCUT2D eigenvalue weighted by atomic mass is 16.5. The fourth-order valence-electron chi connectivity index (χ4n) is 2.39. The predicted octanol–water partition coefficient (Wildman–Crippen LogP) is 1.71. The third kappa shape index (κ3) is 6.00. The summed E-state index contributed by atoms with van der Waals surface area (Å²) in [6, 6.07) is 11.9. The fraction of sp³-hybridized carbons (Fsp3) is 0.300. The molecule has 0 radical (unpaired) electrons. The van der Waals surface area contributed by atoms with Gasteiger partial charge in [0.05, 0.1) is 26.4 Å². The van der Waals surface area contributed by atoms with Crippen molar-refractivity contribution in [1.82, 2.24) is 5.32 Å². The van der Waals surface area contributed by atoms with Crippen molar-refractivity contribution < 1.29 is 28.9 Å². The van der Waals surface area contributed by atoms with Crippen molar-refractivity contribution in [3.05, 3.63) is 59.2 Å². The summed E-state index contributed by atoms with van der Waals surface area (Å²) in [6.07, 6.45) is 0.600. The number of esters is 1. The van der Waals surface area contributed by atoms with Gasteiger partial charge in [-0.3, -0.25) is 4.79 Å². The normalized spacial score (nSPS) is 10.2. The first-order valence-electron chi connectivity index (χ1n) is 8.42. The summed E-state index contributed by atoms with van der Waals surface area (Å²) in [5, 5.41) is 11.7. The first-order valence-corrected chi connectivity index (χ1v) is 8.42. The monoisotopic (exact) mass is 373 g/mol. The van der Waals surface area contributed by atoms with Gasteiger partial charge in [-0.25, -0.2) is 4.79 Å². The molecule has 0 unspecified atom stereocenters. The minimum atomic E-state index is -0.588. The molecule has 0 fully saturated rings. The average Bonchev–Trinajstić information content (AvgIpc) is 2.71. The largest absolute Gasteiger partial charge is 0.493 e. The number of nitrogens with one attached hydrogen (secondary N) is 1. The van der Waals surface area contributed by atoms with E-state index in [9.17, 15) is 9.59 Å². The molecule has 0 heterocycles. The Hall–Kier alpha value is -3.06. The lowest BCUT2D eigenvalue weighted by Crippen LogP contribution is -2.30. The molecule has 0 aromatic heterocycles. The van der Waals surface area contributed by atoms with Crippen molar-refractivity contribution >= 4 is 11.9 Å². The number of carbonyl (C=O) groups excluding carboxylic acids is 2. The van der Waals surface area contributed by atoms with Gasteiger partial charge < -0.3 is 24.6 Å². The van der Waals surface area contributed by atoms with E-state index in [4.69, 9.17) is 19.3 Å². The van der Waals surface area contributed by atoms with E-state index in [1.807, 2.05) is 12.1 Å². The Kier molecular flexibility index (Phi) is 7.63. The summed E-state index contributed by atoms with van der Waals surface area (Å²) >= 11 is 0. The molecule has 0 atom stereocenters. The van der Waals surface area contributed by atoms with Crippen molar-refractivity contribution in [3.8, 4) is 11.5 Å². The van der Waals surface area contributed by atoms with Gasteiger partial charge >= 0.3 is 5.97 Å². The Balaban J connectivity index is 1.75. The molecule has 1 amide bonds. The van der Waals surface area contributed by atoms with E-state index in [2.05, 4.69) is 5.32 Å². The predicted molar refractivity (Wildman–Crippen MR) is 98.9 cm³/mol. The van der Waals surface area contributed by atoms with Crippen LogP contribution in [0, 0.1) is 0 Å². The van der Waals surface area contributed by atoms with Gasteiger partial charge in [0.25, 0.3) is 5.91 Å². The van der Waals surface area contributed by atoms with Crippen LogP contribution >= 0.6 is 0 Å². The third-order valence-corrected chi connectivity index (χ3v) is 3.89. The maximum Gasteiger partial charge on any atom is 0.338 e. The maximum atomic E-state index is 11.9. The Bertz CT molecular complexity index is 773. The molecular formula is C20H23NO6. The van der Waals surface area contributed by atoms with Crippen molar-refractivity contribution in [1.29, 1.82) is 0 Å². The highest BCUT2D eigenvalue weighted by Crippen LogP contribution is 2.27. The van der Waals surface area contributed by atoms with E-state index in [-0.39, 0.29) is 19.1 Å². The zero-order valence-electron chi connectivity index (χ0n) is 15.4. The number of benzene rings is 2. The summed E-state index contributed by atoms with van der Waals surface area (Å²) in [5.74, 6) is 0.303. The fourth-order valence-corrected chi connectivity index (χ4v) is 2.39. The van der Waals surface area contributed by atoms with Crippen molar-refractivity contribution in [2.45, 2.75) is 13.0 Å². The minimum absolute atomic E-state index is 0.0994. The van der Waals surface area contributed by atoms with Gasteiger partial charge in [-0.2, -0.15) is 0 Å². The summed E-state index contributed by atoms with van der Waals surface area (Å²) in [5.41, 5.74) is 2.00. The molecule has 7 heteroatoms. The van der Waals surface area contributed by atoms with Crippen LogP contribution in [0.2, 0.25) is 0 Å². The first-order chi connectivity index (χ1) is 13.1. The molecule has 144 valence electrons. The lowest BCUT2D eigenvalue weighted by atomic mass is 10.1. The summed E-state index contributed by atoms with van der Waals surface area (Å²) < 4.78 is 15.4. The standard InChI is InChI=1S/C20H23NO6/c1-25-17-8-5-14(11-18(17)26-2)9-10-21-19(23)13-27-20(24)16-6-3-15(12-22)4-7-16/h3-8,11,22H,9-10,12-13H2,1-2H3,(H,21,23). The second kappa shape index (κ2) is 10.2. The second-order valence-electron chi connectivity index (χ2n) is 5.72. The zero-order chi connectivity index (χ0) is 19.6. The first kappa shape index (κ1) is 20.3. The van der Waals surface area contributed by atoms with Gasteiger partial charge in [-0.15, -0.1) is 0 Å². The molecule has 0 aliphatic heterocycles. The summed E-state index contributed by atoms with van der Waals surface area (Å²) in [4.78, 5) is 23.7. The molecular weight excluding hydrogens is 350 g/mol. The van der Waals surface area contributed by atoms with E-state index in [1.165, 1.54) is 0 Å². The van der Waals surface area contributed by atoms with E-state index in [1.54, 1.807) is 44.6 Å². The van der Waals surface area contributed by atoms with Crippen LogP contribution in [-0.2, 0) is 22.6 Å². The van der Waals surface area contributed by atoms with Crippen LogP contribution in [0.4, 0.5) is 0 Å². The van der Waals surface area contributed by atoms with Crippen molar-refractivity contribution in [2.24, 2.45) is 0 Å². The van der Waals surface area contributed by atoms with Crippen LogP contribution in [0.15, 0.2) is 42.5 Å². The van der Waals surface area contributed by atoms with Crippen LogP contribution in [0.1, 0.15) is 21.5 Å². The molecule has 2 aromatic carbocycles. The van der Waals surface area contributed by atoms with E-state index < -0.39 is 5.97 Å². The Labute approximate surface area is 157 Å². The molecule has 0 bridgehead atoms. The van der Waals surface area contributed by atoms with E-state index in [0.717, 1.165) is 5.56 Å². The molecule has 0 aliphatic rings. The average molecular weight is 373 g/mol. The molecule has 0 spiro atoms. The number of hydrogen-bond donors (Lipinski definition) is 2.